The first kappa shape index (κ1) is 12.2. The largest absolute Gasteiger partial charge is 0.496 e. The van der Waals surface area contributed by atoms with Crippen molar-refractivity contribution in [3.63, 3.8) is 0 Å². The number of benzene rings is 1. The first-order chi connectivity index (χ1) is 7.58. The molecule has 0 spiro atoms. The molecule has 0 aromatic heterocycles. The Hall–Kier alpha value is -1.84. The average molecular weight is 221 g/mol. The lowest BCUT2D eigenvalue weighted by molar-refractivity contribution is -0.131. The summed E-state index contributed by atoms with van der Waals surface area (Å²) in [6, 6.07) is 3.90. The number of hydrogen-bond donors (Lipinski definition) is 1. The number of amides is 1. The molecule has 0 aliphatic carbocycles. The van der Waals surface area contributed by atoms with Crippen LogP contribution in [-0.4, -0.2) is 19.3 Å². The van der Waals surface area contributed by atoms with Gasteiger partial charge >= 0.3 is 0 Å². The van der Waals surface area contributed by atoms with E-state index in [0.717, 1.165) is 22.4 Å². The van der Waals surface area contributed by atoms with Crippen LogP contribution in [0.25, 0.3) is 0 Å². The van der Waals surface area contributed by atoms with E-state index >= 15 is 0 Å². The molecule has 0 saturated heterocycles. The third-order valence-electron chi connectivity index (χ3n) is 2.34. The Balaban J connectivity index is 2.93. The van der Waals surface area contributed by atoms with Crippen LogP contribution < -0.4 is 10.1 Å². The van der Waals surface area contributed by atoms with E-state index in [-0.39, 0.29) is 6.29 Å². The zero-order chi connectivity index (χ0) is 12.1. The second-order valence-electron chi connectivity index (χ2n) is 3.60. The maximum atomic E-state index is 10.8. The molecule has 0 atom stereocenters. The molecule has 0 fully saturated rings. The van der Waals surface area contributed by atoms with Gasteiger partial charge in [-0.05, 0) is 31.0 Å². The van der Waals surface area contributed by atoms with Gasteiger partial charge in [-0.15, -0.1) is 0 Å². The van der Waals surface area contributed by atoms with Crippen molar-refractivity contribution in [2.24, 2.45) is 0 Å². The minimum absolute atomic E-state index is 0.260. The lowest BCUT2D eigenvalue weighted by Crippen LogP contribution is -2.24. The number of rotatable bonds is 4. The summed E-state index contributed by atoms with van der Waals surface area (Å²) in [5.74, 6) is 0.103. The Morgan fingerprint density at radius 1 is 1.44 bits per heavy atom. The molecule has 0 bridgehead atoms. The number of aldehydes is 1. The standard InChI is InChI=1S/C12H15NO3/c1-8-4-9(2)10(11(5-8)16-3)6-13-12(15)7-14/h4-5,7H,6H2,1-3H3,(H,13,15). The SMILES string of the molecule is COc1cc(C)cc(C)c1CNC(=O)C=O. The minimum Gasteiger partial charge on any atom is -0.496 e. The fourth-order valence-corrected chi connectivity index (χ4v) is 1.58. The highest BCUT2D eigenvalue weighted by Gasteiger charge is 2.08. The Morgan fingerprint density at radius 3 is 2.69 bits per heavy atom. The highest BCUT2D eigenvalue weighted by atomic mass is 16.5. The van der Waals surface area contributed by atoms with Crippen LogP contribution in [0.2, 0.25) is 0 Å². The molecule has 4 nitrogen and oxygen atoms in total. The van der Waals surface area contributed by atoms with Gasteiger partial charge in [0.25, 0.3) is 5.91 Å². The van der Waals surface area contributed by atoms with Gasteiger partial charge in [0.05, 0.1) is 7.11 Å². The second kappa shape index (κ2) is 5.30. The smallest absolute Gasteiger partial charge is 0.284 e. The Bertz CT molecular complexity index is 413. The van der Waals surface area contributed by atoms with E-state index in [0.29, 0.717) is 6.54 Å². The van der Waals surface area contributed by atoms with Crippen LogP contribution in [-0.2, 0) is 16.1 Å². The third-order valence-corrected chi connectivity index (χ3v) is 2.34. The lowest BCUT2D eigenvalue weighted by atomic mass is 10.0. The van der Waals surface area contributed by atoms with Crippen molar-refractivity contribution in [2.75, 3.05) is 7.11 Å². The summed E-state index contributed by atoms with van der Waals surface area (Å²) in [5, 5.41) is 2.50. The molecule has 1 amide bonds. The van der Waals surface area contributed by atoms with Crippen LogP contribution in [0.5, 0.6) is 5.75 Å². The van der Waals surface area contributed by atoms with Gasteiger partial charge in [0, 0.05) is 12.1 Å². The Labute approximate surface area is 94.6 Å². The molecular weight excluding hydrogens is 206 g/mol. The first-order valence-electron chi connectivity index (χ1n) is 4.95. The zero-order valence-electron chi connectivity index (χ0n) is 9.66. The molecule has 1 aromatic carbocycles. The van der Waals surface area contributed by atoms with Crippen LogP contribution in [0, 0.1) is 13.8 Å². The van der Waals surface area contributed by atoms with Crippen LogP contribution in [0.15, 0.2) is 12.1 Å². The fourth-order valence-electron chi connectivity index (χ4n) is 1.58. The molecule has 0 unspecified atom stereocenters. The zero-order valence-corrected chi connectivity index (χ0v) is 9.66. The van der Waals surface area contributed by atoms with Crippen molar-refractivity contribution in [3.05, 3.63) is 28.8 Å². The molecular formula is C12H15NO3. The Morgan fingerprint density at radius 2 is 2.12 bits per heavy atom. The molecule has 16 heavy (non-hydrogen) atoms. The quantitative estimate of drug-likeness (QED) is 0.612. The molecule has 4 heteroatoms. The molecule has 86 valence electrons. The predicted molar refractivity (Wildman–Crippen MR) is 60.4 cm³/mol. The molecule has 1 aromatic rings. The van der Waals surface area contributed by atoms with E-state index < -0.39 is 5.91 Å². The van der Waals surface area contributed by atoms with E-state index in [1.807, 2.05) is 26.0 Å². The van der Waals surface area contributed by atoms with Crippen molar-refractivity contribution in [1.29, 1.82) is 0 Å². The van der Waals surface area contributed by atoms with Gasteiger partial charge in [0.15, 0.2) is 0 Å². The van der Waals surface area contributed by atoms with Crippen molar-refractivity contribution >= 4 is 12.2 Å². The summed E-state index contributed by atoms with van der Waals surface area (Å²) in [7, 11) is 1.58. The fraction of sp³-hybridized carbons (Fsp3) is 0.333. The van der Waals surface area contributed by atoms with E-state index in [4.69, 9.17) is 4.74 Å². The van der Waals surface area contributed by atoms with Crippen LogP contribution in [0.4, 0.5) is 0 Å². The molecule has 0 heterocycles. The summed E-state index contributed by atoms with van der Waals surface area (Å²) in [6.45, 7) is 4.22. The summed E-state index contributed by atoms with van der Waals surface area (Å²) < 4.78 is 5.23. The second-order valence-corrected chi connectivity index (χ2v) is 3.60. The molecule has 0 aliphatic rings. The van der Waals surface area contributed by atoms with Gasteiger partial charge in [-0.25, -0.2) is 0 Å². The average Bonchev–Trinajstić information content (AvgIpc) is 2.26. The van der Waals surface area contributed by atoms with Crippen molar-refractivity contribution in [2.45, 2.75) is 20.4 Å². The first-order valence-corrected chi connectivity index (χ1v) is 4.95. The van der Waals surface area contributed by atoms with Crippen LogP contribution in [0.1, 0.15) is 16.7 Å². The summed E-state index contributed by atoms with van der Waals surface area (Å²) in [4.78, 5) is 21.0. The number of methoxy groups -OCH3 is 1. The highest BCUT2D eigenvalue weighted by Crippen LogP contribution is 2.23. The van der Waals surface area contributed by atoms with Gasteiger partial charge < -0.3 is 10.1 Å². The minimum atomic E-state index is -0.623. The number of hydrogen-bond acceptors (Lipinski definition) is 3. The number of nitrogens with one attached hydrogen (secondary N) is 1. The van der Waals surface area contributed by atoms with Crippen molar-refractivity contribution in [3.8, 4) is 5.75 Å². The lowest BCUT2D eigenvalue weighted by Gasteiger charge is -2.12. The van der Waals surface area contributed by atoms with Crippen LogP contribution >= 0.6 is 0 Å². The van der Waals surface area contributed by atoms with Gasteiger partial charge in [0.2, 0.25) is 6.29 Å². The summed E-state index contributed by atoms with van der Waals surface area (Å²) in [6.07, 6.45) is 0.260. The number of aryl methyl sites for hydroxylation is 2. The monoisotopic (exact) mass is 221 g/mol. The predicted octanol–water partition coefficient (Wildman–Crippen LogP) is 1.13. The molecule has 0 aliphatic heterocycles. The van der Waals surface area contributed by atoms with E-state index in [2.05, 4.69) is 5.32 Å². The topological polar surface area (TPSA) is 55.4 Å². The molecule has 1 rings (SSSR count). The van der Waals surface area contributed by atoms with E-state index in [9.17, 15) is 9.59 Å². The van der Waals surface area contributed by atoms with Gasteiger partial charge in [-0.2, -0.15) is 0 Å². The number of ether oxygens (including phenoxy) is 1. The number of carbonyl (C=O) groups excluding carboxylic acids is 2. The summed E-state index contributed by atoms with van der Waals surface area (Å²) >= 11 is 0. The maximum absolute atomic E-state index is 10.8. The van der Waals surface area contributed by atoms with Gasteiger partial charge in [-0.1, -0.05) is 6.07 Å². The summed E-state index contributed by atoms with van der Waals surface area (Å²) in [5.41, 5.74) is 3.02. The highest BCUT2D eigenvalue weighted by molar-refractivity contribution is 6.23. The Kier molecular flexibility index (Phi) is 4.05. The van der Waals surface area contributed by atoms with E-state index in [1.165, 1.54) is 0 Å². The molecule has 0 radical (unpaired) electrons. The van der Waals surface area contributed by atoms with Crippen molar-refractivity contribution in [1.82, 2.24) is 5.32 Å². The normalized spacial score (nSPS) is 9.69. The number of carbonyl (C=O) groups is 2. The van der Waals surface area contributed by atoms with Gasteiger partial charge in [-0.3, -0.25) is 9.59 Å². The van der Waals surface area contributed by atoms with Crippen LogP contribution in [0.3, 0.4) is 0 Å². The maximum Gasteiger partial charge on any atom is 0.284 e. The van der Waals surface area contributed by atoms with Crippen molar-refractivity contribution < 1.29 is 14.3 Å². The molecule has 0 saturated carbocycles. The van der Waals surface area contributed by atoms with Gasteiger partial charge in [0.1, 0.15) is 5.75 Å². The van der Waals surface area contributed by atoms with E-state index in [1.54, 1.807) is 7.11 Å². The molecule has 1 N–H and O–H groups in total. The third kappa shape index (κ3) is 2.82.